The van der Waals surface area contributed by atoms with Crippen LogP contribution in [0.3, 0.4) is 0 Å². The van der Waals surface area contributed by atoms with E-state index >= 15 is 0 Å². The van der Waals surface area contributed by atoms with Crippen LogP contribution in [0.2, 0.25) is 0 Å². The van der Waals surface area contributed by atoms with E-state index in [1.54, 1.807) is 0 Å². The van der Waals surface area contributed by atoms with E-state index in [2.05, 4.69) is 37.2 Å². The van der Waals surface area contributed by atoms with E-state index in [4.69, 9.17) is 18.9 Å². The number of hydrogen-bond donors (Lipinski definition) is 0. The van der Waals surface area contributed by atoms with Crippen LogP contribution in [0, 0.1) is 23.7 Å². The number of methoxy groups -OCH3 is 1. The molecule has 4 atom stereocenters. The molecule has 38 heavy (non-hydrogen) atoms. The maximum atomic E-state index is 14.1. The van der Waals surface area contributed by atoms with Gasteiger partial charge in [0.25, 0.3) is 5.60 Å². The van der Waals surface area contributed by atoms with Crippen LogP contribution in [0.15, 0.2) is 43.0 Å². The highest BCUT2D eigenvalue weighted by Gasteiger charge is 2.64. The highest BCUT2D eigenvalue weighted by atomic mass is 19.4. The number of hydrogen-bond acceptors (Lipinski definition) is 5. The average Bonchev–Trinajstić information content (AvgIpc) is 3.16. The number of halogens is 3. The minimum atomic E-state index is -5.08. The second-order valence-corrected chi connectivity index (χ2v) is 9.50. The van der Waals surface area contributed by atoms with Gasteiger partial charge < -0.3 is 18.9 Å². The fourth-order valence-electron chi connectivity index (χ4n) is 4.30. The summed E-state index contributed by atoms with van der Waals surface area (Å²) in [6.07, 6.45) is 1.49. The second kappa shape index (κ2) is 14.4. The van der Waals surface area contributed by atoms with Gasteiger partial charge in [-0.05, 0) is 44.1 Å². The van der Waals surface area contributed by atoms with Crippen LogP contribution in [-0.4, -0.2) is 43.4 Å². The van der Waals surface area contributed by atoms with Crippen LogP contribution < -0.4 is 0 Å². The van der Waals surface area contributed by atoms with Crippen LogP contribution in [0.5, 0.6) is 0 Å². The van der Waals surface area contributed by atoms with Crippen LogP contribution in [0.4, 0.5) is 13.2 Å². The Labute approximate surface area is 224 Å². The first-order valence-electron chi connectivity index (χ1n) is 12.9. The maximum Gasteiger partial charge on any atom is 0.432 e. The Balaban J connectivity index is 2.05. The van der Waals surface area contributed by atoms with E-state index in [-0.39, 0.29) is 12.2 Å². The van der Waals surface area contributed by atoms with Crippen molar-refractivity contribution >= 4 is 5.97 Å². The summed E-state index contributed by atoms with van der Waals surface area (Å²) in [5.41, 5.74) is -3.71. The summed E-state index contributed by atoms with van der Waals surface area (Å²) >= 11 is 0. The van der Waals surface area contributed by atoms with Crippen molar-refractivity contribution in [3.63, 3.8) is 0 Å². The number of benzene rings is 1. The van der Waals surface area contributed by atoms with Gasteiger partial charge in [-0.3, -0.25) is 0 Å². The molecule has 1 aromatic rings. The molecule has 2 rings (SSSR count). The minimum absolute atomic E-state index is 0.0710. The number of carbonyl (C=O) groups is 1. The van der Waals surface area contributed by atoms with Gasteiger partial charge >= 0.3 is 12.1 Å². The first-order chi connectivity index (χ1) is 18.0. The Bertz CT molecular complexity index is 1030. The van der Waals surface area contributed by atoms with Crippen molar-refractivity contribution < 1.29 is 36.9 Å². The molecule has 1 fully saturated rings. The summed E-state index contributed by atoms with van der Waals surface area (Å²) in [6, 6.07) is 6.57. The smallest absolute Gasteiger partial charge is 0.432 e. The van der Waals surface area contributed by atoms with E-state index in [0.717, 1.165) is 44.6 Å². The van der Waals surface area contributed by atoms with Crippen molar-refractivity contribution in [3.8, 4) is 23.7 Å². The molecule has 0 aromatic heterocycles. The SMILES string of the molecule is C=C[C@H](C#CC#CC[C@@H]1OC(C)(C)O[C@H]1CCCCCCC)OC(=O)[C@@](OC)(c1ccccc1)C(F)(F)F. The molecule has 0 spiro atoms. The van der Waals surface area contributed by atoms with Crippen LogP contribution in [0.25, 0.3) is 0 Å². The molecular weight excluding hydrogens is 497 g/mol. The van der Waals surface area contributed by atoms with Crippen molar-refractivity contribution in [3.05, 3.63) is 48.6 Å². The van der Waals surface area contributed by atoms with Crippen LogP contribution in [-0.2, 0) is 29.3 Å². The topological polar surface area (TPSA) is 54.0 Å². The number of rotatable bonds is 12. The zero-order valence-electron chi connectivity index (χ0n) is 22.5. The largest absolute Gasteiger partial charge is 0.442 e. The molecular formula is C30H37F3O5. The quantitative estimate of drug-likeness (QED) is 0.133. The fraction of sp³-hybridized carbons (Fsp3) is 0.567. The normalized spacial score (nSPS) is 20.7. The predicted octanol–water partition coefficient (Wildman–Crippen LogP) is 6.47. The van der Waals surface area contributed by atoms with E-state index in [0.29, 0.717) is 6.42 Å². The summed E-state index contributed by atoms with van der Waals surface area (Å²) in [7, 11) is 0.802. The third-order valence-electron chi connectivity index (χ3n) is 6.17. The first kappa shape index (κ1) is 31.4. The van der Waals surface area contributed by atoms with Crippen molar-refractivity contribution in [2.24, 2.45) is 0 Å². The molecule has 0 radical (unpaired) electrons. The van der Waals surface area contributed by atoms with E-state index in [1.165, 1.54) is 37.5 Å². The Hall–Kier alpha value is -2.78. The van der Waals surface area contributed by atoms with Crippen molar-refractivity contribution in [2.75, 3.05) is 7.11 Å². The van der Waals surface area contributed by atoms with Crippen LogP contribution in [0.1, 0.15) is 71.3 Å². The number of carbonyl (C=O) groups excluding carboxylic acids is 1. The third-order valence-corrected chi connectivity index (χ3v) is 6.17. The predicted molar refractivity (Wildman–Crippen MR) is 139 cm³/mol. The number of alkyl halides is 3. The minimum Gasteiger partial charge on any atom is -0.442 e. The Morgan fingerprint density at radius 3 is 2.37 bits per heavy atom. The van der Waals surface area contributed by atoms with Gasteiger partial charge in [-0.15, -0.1) is 0 Å². The maximum absolute atomic E-state index is 14.1. The van der Waals surface area contributed by atoms with Gasteiger partial charge in [0.05, 0.1) is 12.2 Å². The molecule has 8 heteroatoms. The zero-order valence-corrected chi connectivity index (χ0v) is 22.5. The summed E-state index contributed by atoms with van der Waals surface area (Å²) < 4.78 is 64.0. The van der Waals surface area contributed by atoms with Gasteiger partial charge in [-0.25, -0.2) is 4.79 Å². The molecule has 1 heterocycles. The summed E-state index contributed by atoms with van der Waals surface area (Å²) in [6.45, 7) is 9.41. The lowest BCUT2D eigenvalue weighted by Gasteiger charge is -2.32. The molecule has 0 amide bonds. The summed E-state index contributed by atoms with van der Waals surface area (Å²) in [5, 5.41) is 0. The number of ether oxygens (including phenoxy) is 4. The van der Waals surface area contributed by atoms with Gasteiger partial charge in [-0.2, -0.15) is 13.2 Å². The van der Waals surface area contributed by atoms with E-state index in [9.17, 15) is 18.0 Å². The second-order valence-electron chi connectivity index (χ2n) is 9.50. The van der Waals surface area contributed by atoms with Crippen molar-refractivity contribution in [1.82, 2.24) is 0 Å². The molecule has 0 bridgehead atoms. The molecule has 1 aliphatic rings. The van der Waals surface area contributed by atoms with Crippen LogP contribution >= 0.6 is 0 Å². The van der Waals surface area contributed by atoms with Gasteiger partial charge in [0, 0.05) is 19.1 Å². The number of unbranched alkanes of at least 4 members (excludes halogenated alkanes) is 4. The van der Waals surface area contributed by atoms with Gasteiger partial charge in [0.2, 0.25) is 0 Å². The molecule has 1 saturated heterocycles. The highest BCUT2D eigenvalue weighted by Crippen LogP contribution is 2.43. The monoisotopic (exact) mass is 534 g/mol. The lowest BCUT2D eigenvalue weighted by Crippen LogP contribution is -2.52. The molecule has 208 valence electrons. The Kier molecular flexibility index (Phi) is 11.9. The molecule has 0 aliphatic carbocycles. The molecule has 0 unspecified atom stereocenters. The van der Waals surface area contributed by atoms with Gasteiger partial charge in [-0.1, -0.05) is 81.9 Å². The van der Waals surface area contributed by atoms with Crippen molar-refractivity contribution in [1.29, 1.82) is 0 Å². The standard InChI is InChI=1S/C30H37F3O5/c1-6-8-9-10-16-21-25-26(38-28(3,4)37-25)22-17-12-15-20-24(7-2)36-27(34)29(35-5,30(31,32)33)23-18-13-11-14-19-23/h7,11,13-14,18-19,24-26H,2,6,8-10,16,21-22H2,1,3-5H3/t24-,25+,26+,29+/m1/s1. The Morgan fingerprint density at radius 1 is 1.11 bits per heavy atom. The summed E-state index contributed by atoms with van der Waals surface area (Å²) in [5.74, 6) is 8.30. The summed E-state index contributed by atoms with van der Waals surface area (Å²) in [4.78, 5) is 12.8. The molecule has 5 nitrogen and oxygen atoms in total. The average molecular weight is 535 g/mol. The first-order valence-corrected chi connectivity index (χ1v) is 12.9. The van der Waals surface area contributed by atoms with E-state index in [1.807, 2.05) is 13.8 Å². The van der Waals surface area contributed by atoms with E-state index < -0.39 is 35.2 Å². The van der Waals surface area contributed by atoms with Gasteiger partial charge in [0.1, 0.15) is 0 Å². The lowest BCUT2D eigenvalue weighted by molar-refractivity contribution is -0.276. The van der Waals surface area contributed by atoms with Crippen molar-refractivity contribution in [2.45, 2.75) is 102 Å². The van der Waals surface area contributed by atoms with Gasteiger partial charge in [0.15, 0.2) is 11.9 Å². The molecule has 1 aromatic carbocycles. The highest BCUT2D eigenvalue weighted by molar-refractivity contribution is 5.83. The lowest BCUT2D eigenvalue weighted by atomic mass is 9.92. The number of esters is 1. The Morgan fingerprint density at radius 2 is 1.76 bits per heavy atom. The zero-order chi connectivity index (χ0) is 28.2. The molecule has 0 N–H and O–H groups in total. The molecule has 0 saturated carbocycles. The fourth-order valence-corrected chi connectivity index (χ4v) is 4.30. The molecule has 1 aliphatic heterocycles. The third kappa shape index (κ3) is 8.36.